The van der Waals surface area contributed by atoms with E-state index in [1.54, 1.807) is 11.2 Å². The molecule has 3 heterocycles. The third-order valence-electron chi connectivity index (χ3n) is 5.82. The molecule has 4 rings (SSSR count). The Morgan fingerprint density at radius 1 is 1.15 bits per heavy atom. The summed E-state index contributed by atoms with van der Waals surface area (Å²) in [5, 5.41) is 7.68. The minimum Gasteiger partial charge on any atom is -0.463 e. The lowest BCUT2D eigenvalue weighted by molar-refractivity contribution is -0.955. The van der Waals surface area contributed by atoms with Gasteiger partial charge < -0.3 is 20.0 Å². The summed E-state index contributed by atoms with van der Waals surface area (Å²) in [6, 6.07) is 12.4. The first-order chi connectivity index (χ1) is 12.6. The van der Waals surface area contributed by atoms with Crippen LogP contribution in [0.5, 0.6) is 0 Å². The van der Waals surface area contributed by atoms with Gasteiger partial charge in [0.05, 0.1) is 18.3 Å². The summed E-state index contributed by atoms with van der Waals surface area (Å²) in [5.74, 6) is 1.11. The molecule has 0 unspecified atom stereocenters. The lowest BCUT2D eigenvalue weighted by Crippen LogP contribution is -3.17. The molecule has 0 amide bonds. The summed E-state index contributed by atoms with van der Waals surface area (Å²) >= 11 is 5.58. The normalized spacial score (nSPS) is 27.3. The van der Waals surface area contributed by atoms with Crippen molar-refractivity contribution < 1.29 is 9.32 Å². The molecule has 2 atom stereocenters. The quantitative estimate of drug-likeness (QED) is 0.724. The number of hydrogen-bond acceptors (Lipinski definition) is 2. The van der Waals surface area contributed by atoms with Crippen LogP contribution >= 0.6 is 12.2 Å². The second-order valence-corrected chi connectivity index (χ2v) is 8.35. The van der Waals surface area contributed by atoms with Gasteiger partial charge >= 0.3 is 0 Å². The van der Waals surface area contributed by atoms with Crippen molar-refractivity contribution in [1.29, 1.82) is 0 Å². The zero-order chi connectivity index (χ0) is 18.1. The molecule has 1 aromatic carbocycles. The van der Waals surface area contributed by atoms with Gasteiger partial charge in [-0.2, -0.15) is 0 Å². The Kier molecular flexibility index (Phi) is 5.00. The van der Waals surface area contributed by atoms with Gasteiger partial charge in [-0.1, -0.05) is 6.07 Å². The molecule has 0 spiro atoms. The van der Waals surface area contributed by atoms with Gasteiger partial charge in [-0.05, 0) is 61.5 Å². The van der Waals surface area contributed by atoms with Crippen LogP contribution < -0.4 is 15.5 Å². The molecule has 2 bridgehead atoms. The third kappa shape index (κ3) is 3.94. The average Bonchev–Trinajstić information content (AvgIpc) is 3.14. The summed E-state index contributed by atoms with van der Waals surface area (Å²) in [5.41, 5.74) is 3.58. The fourth-order valence-electron chi connectivity index (χ4n) is 4.85. The first-order valence-corrected chi connectivity index (χ1v) is 10.0. The van der Waals surface area contributed by atoms with E-state index in [0.29, 0.717) is 18.1 Å². The maximum Gasteiger partial charge on any atom is 0.171 e. The minimum atomic E-state index is 0.471. The van der Waals surface area contributed by atoms with E-state index >= 15 is 0 Å². The monoisotopic (exact) mass is 370 g/mol. The Bertz CT molecular complexity index is 739. The van der Waals surface area contributed by atoms with Crippen molar-refractivity contribution in [1.82, 2.24) is 5.32 Å². The highest BCUT2D eigenvalue weighted by Crippen LogP contribution is 2.24. The standard InChI is InChI=1S/C21H27N3OS/c1-14-8-15(2)10-16(9-14)22-21(26)23-17-11-18-5-6-19(12-17)24(18)13-20-4-3-7-25-20/h3-4,7-10,17-19H,5-6,11-13H2,1-2H3,(H2,22,23,26)/p+1/t18-,19-/m1/s1. The van der Waals surface area contributed by atoms with Crippen LogP contribution in [0.3, 0.4) is 0 Å². The number of rotatable bonds is 4. The van der Waals surface area contributed by atoms with E-state index in [4.69, 9.17) is 16.6 Å². The topological polar surface area (TPSA) is 41.6 Å². The lowest BCUT2D eigenvalue weighted by atomic mass is 9.97. The summed E-state index contributed by atoms with van der Waals surface area (Å²) in [7, 11) is 0. The van der Waals surface area contributed by atoms with E-state index in [0.717, 1.165) is 23.1 Å². The zero-order valence-electron chi connectivity index (χ0n) is 15.5. The van der Waals surface area contributed by atoms with E-state index in [1.807, 2.05) is 6.07 Å². The van der Waals surface area contributed by atoms with Crippen LogP contribution in [-0.4, -0.2) is 23.2 Å². The number of piperidine rings is 1. The highest BCUT2D eigenvalue weighted by molar-refractivity contribution is 7.80. The lowest BCUT2D eigenvalue weighted by Gasteiger charge is -2.36. The molecular formula is C21H28N3OS+. The maximum atomic E-state index is 5.58. The molecule has 2 aromatic rings. The highest BCUT2D eigenvalue weighted by Gasteiger charge is 2.44. The van der Waals surface area contributed by atoms with Crippen LogP contribution in [0.4, 0.5) is 5.69 Å². The van der Waals surface area contributed by atoms with Crippen molar-refractivity contribution in [2.75, 3.05) is 5.32 Å². The number of aryl methyl sites for hydroxylation is 2. The molecule has 1 aromatic heterocycles. The minimum absolute atomic E-state index is 0.471. The van der Waals surface area contributed by atoms with Gasteiger partial charge in [0.2, 0.25) is 0 Å². The van der Waals surface area contributed by atoms with Crippen molar-refractivity contribution in [3.63, 3.8) is 0 Å². The molecule has 2 aliphatic heterocycles. The van der Waals surface area contributed by atoms with Crippen LogP contribution in [0, 0.1) is 13.8 Å². The van der Waals surface area contributed by atoms with E-state index in [9.17, 15) is 0 Å². The molecule has 5 heteroatoms. The molecule has 0 radical (unpaired) electrons. The van der Waals surface area contributed by atoms with E-state index < -0.39 is 0 Å². The first kappa shape index (κ1) is 17.6. The number of anilines is 1. The summed E-state index contributed by atoms with van der Waals surface area (Å²) in [6.07, 6.45) is 6.77. The molecule has 2 aliphatic rings. The predicted molar refractivity (Wildman–Crippen MR) is 108 cm³/mol. The molecule has 2 fully saturated rings. The average molecular weight is 371 g/mol. The molecule has 2 saturated heterocycles. The van der Waals surface area contributed by atoms with Gasteiger partial charge in [-0.3, -0.25) is 0 Å². The SMILES string of the molecule is Cc1cc(C)cc(NC(=S)NC2C[C@H]3CC[C@H](C2)[NH+]3Cc2ccco2)c1. The van der Waals surface area contributed by atoms with E-state index in [-0.39, 0.29) is 0 Å². The second-order valence-electron chi connectivity index (χ2n) is 7.95. The highest BCUT2D eigenvalue weighted by atomic mass is 32.1. The molecule has 4 nitrogen and oxygen atoms in total. The smallest absolute Gasteiger partial charge is 0.171 e. The van der Waals surface area contributed by atoms with Crippen LogP contribution in [0.25, 0.3) is 0 Å². The van der Waals surface area contributed by atoms with Gasteiger partial charge in [0, 0.05) is 37.4 Å². The number of hydrogen-bond donors (Lipinski definition) is 3. The maximum absolute atomic E-state index is 5.58. The third-order valence-corrected chi connectivity index (χ3v) is 6.04. The summed E-state index contributed by atoms with van der Waals surface area (Å²) in [4.78, 5) is 1.70. The predicted octanol–water partition coefficient (Wildman–Crippen LogP) is 2.96. The zero-order valence-corrected chi connectivity index (χ0v) is 16.4. The van der Waals surface area contributed by atoms with Crippen molar-refractivity contribution in [3.05, 3.63) is 53.5 Å². The van der Waals surface area contributed by atoms with Crippen LogP contribution in [0.2, 0.25) is 0 Å². The number of benzene rings is 1. The van der Waals surface area contributed by atoms with E-state index in [1.165, 1.54) is 36.8 Å². The Hall–Kier alpha value is -1.85. The van der Waals surface area contributed by atoms with Gasteiger partial charge in [-0.15, -0.1) is 0 Å². The molecule has 0 saturated carbocycles. The van der Waals surface area contributed by atoms with Gasteiger partial charge in [0.25, 0.3) is 0 Å². The Morgan fingerprint density at radius 3 is 2.46 bits per heavy atom. The van der Waals surface area contributed by atoms with Gasteiger partial charge in [0.15, 0.2) is 10.9 Å². The largest absolute Gasteiger partial charge is 0.463 e. The van der Waals surface area contributed by atoms with Crippen LogP contribution in [-0.2, 0) is 6.54 Å². The first-order valence-electron chi connectivity index (χ1n) is 9.60. The van der Waals surface area contributed by atoms with Gasteiger partial charge in [0.1, 0.15) is 6.54 Å². The van der Waals surface area contributed by atoms with Crippen molar-refractivity contribution >= 4 is 23.0 Å². The van der Waals surface area contributed by atoms with Gasteiger partial charge in [-0.25, -0.2) is 0 Å². The molecule has 3 N–H and O–H groups in total. The van der Waals surface area contributed by atoms with Crippen molar-refractivity contribution in [3.8, 4) is 0 Å². The Morgan fingerprint density at radius 2 is 1.85 bits per heavy atom. The summed E-state index contributed by atoms with van der Waals surface area (Å²) < 4.78 is 5.57. The fraction of sp³-hybridized carbons (Fsp3) is 0.476. The number of nitrogens with one attached hydrogen (secondary N) is 3. The van der Waals surface area contributed by atoms with Crippen molar-refractivity contribution in [2.45, 2.75) is 64.2 Å². The molecule has 0 aliphatic carbocycles. The Labute approximate surface area is 161 Å². The Balaban J connectivity index is 1.33. The van der Waals surface area contributed by atoms with Crippen LogP contribution in [0.1, 0.15) is 42.6 Å². The fourth-order valence-corrected chi connectivity index (χ4v) is 5.13. The second kappa shape index (κ2) is 7.41. The van der Waals surface area contributed by atoms with Crippen molar-refractivity contribution in [2.24, 2.45) is 0 Å². The number of fused-ring (bicyclic) bond motifs is 2. The molecule has 26 heavy (non-hydrogen) atoms. The number of thiocarbonyl (C=S) groups is 1. The number of quaternary nitrogens is 1. The number of furan rings is 1. The molecular weight excluding hydrogens is 342 g/mol. The molecule has 138 valence electrons. The van der Waals surface area contributed by atoms with Crippen LogP contribution in [0.15, 0.2) is 41.0 Å². The van der Waals surface area contributed by atoms with E-state index in [2.05, 4.69) is 48.7 Å². The summed E-state index contributed by atoms with van der Waals surface area (Å²) in [6.45, 7) is 5.24.